The van der Waals surface area contributed by atoms with Crippen LogP contribution in [0.1, 0.15) is 28.4 Å². The van der Waals surface area contributed by atoms with Crippen LogP contribution in [0.3, 0.4) is 0 Å². The first-order valence-electron chi connectivity index (χ1n) is 7.34. The number of alkyl halides is 3. The van der Waals surface area contributed by atoms with Crippen LogP contribution in [0.4, 0.5) is 13.2 Å². The molecule has 24 heavy (non-hydrogen) atoms. The van der Waals surface area contributed by atoms with Crippen molar-refractivity contribution in [2.24, 2.45) is 0 Å². The Morgan fingerprint density at radius 1 is 1.17 bits per heavy atom. The Bertz CT molecular complexity index is 702. The quantitative estimate of drug-likeness (QED) is 0.740. The van der Waals surface area contributed by atoms with Gasteiger partial charge in [-0.2, -0.15) is 13.2 Å². The second-order valence-electron chi connectivity index (χ2n) is 5.24. The SMILES string of the molecule is CCc1ccc(CN(C)C(=O)c2cccnc2SC(F)(F)F)cc1. The molecule has 1 aromatic heterocycles. The molecule has 0 aliphatic carbocycles. The van der Waals surface area contributed by atoms with E-state index in [1.807, 2.05) is 31.2 Å². The lowest BCUT2D eigenvalue weighted by Crippen LogP contribution is -2.27. The molecule has 0 spiro atoms. The molecule has 0 atom stereocenters. The van der Waals surface area contributed by atoms with E-state index in [0.29, 0.717) is 6.54 Å². The summed E-state index contributed by atoms with van der Waals surface area (Å²) in [6.07, 6.45) is 2.16. The summed E-state index contributed by atoms with van der Waals surface area (Å²) in [6, 6.07) is 10.6. The maximum Gasteiger partial charge on any atom is 0.447 e. The van der Waals surface area contributed by atoms with Gasteiger partial charge in [0.15, 0.2) is 0 Å². The van der Waals surface area contributed by atoms with E-state index in [-0.39, 0.29) is 22.4 Å². The molecular weight excluding hydrogens is 337 g/mol. The van der Waals surface area contributed by atoms with Crippen LogP contribution >= 0.6 is 11.8 Å². The summed E-state index contributed by atoms with van der Waals surface area (Å²) in [5.74, 6) is -0.491. The van der Waals surface area contributed by atoms with Crippen LogP contribution in [0.2, 0.25) is 0 Å². The fourth-order valence-electron chi connectivity index (χ4n) is 2.18. The Labute approximate surface area is 142 Å². The Balaban J connectivity index is 2.15. The van der Waals surface area contributed by atoms with Crippen LogP contribution in [0.25, 0.3) is 0 Å². The lowest BCUT2D eigenvalue weighted by Gasteiger charge is -2.19. The van der Waals surface area contributed by atoms with Crippen molar-refractivity contribution in [1.82, 2.24) is 9.88 Å². The predicted octanol–water partition coefficient (Wildman–Crippen LogP) is 4.53. The highest BCUT2D eigenvalue weighted by molar-refractivity contribution is 8.00. The fraction of sp³-hybridized carbons (Fsp3) is 0.294. The Morgan fingerprint density at radius 3 is 2.38 bits per heavy atom. The van der Waals surface area contributed by atoms with Gasteiger partial charge in [0.05, 0.1) is 5.56 Å². The van der Waals surface area contributed by atoms with Gasteiger partial charge in [-0.1, -0.05) is 31.2 Å². The number of aryl methyl sites for hydroxylation is 1. The number of carbonyl (C=O) groups is 1. The van der Waals surface area contributed by atoms with Gasteiger partial charge in [0.25, 0.3) is 5.91 Å². The van der Waals surface area contributed by atoms with Gasteiger partial charge < -0.3 is 4.90 Å². The molecule has 0 unspecified atom stereocenters. The Hall–Kier alpha value is -2.02. The molecule has 2 rings (SSSR count). The summed E-state index contributed by atoms with van der Waals surface area (Å²) in [5.41, 5.74) is -2.44. The number of carbonyl (C=O) groups excluding carboxylic acids is 1. The molecule has 1 amide bonds. The molecular formula is C17H17F3N2OS. The van der Waals surface area contributed by atoms with Crippen LogP contribution in [0, 0.1) is 0 Å². The fourth-order valence-corrected chi connectivity index (χ4v) is 2.77. The smallest absolute Gasteiger partial charge is 0.337 e. The third kappa shape index (κ3) is 4.99. The first kappa shape index (κ1) is 18.3. The molecule has 0 aliphatic heterocycles. The van der Waals surface area contributed by atoms with E-state index in [1.54, 1.807) is 7.05 Å². The van der Waals surface area contributed by atoms with Crippen LogP contribution in [0.5, 0.6) is 0 Å². The van der Waals surface area contributed by atoms with Crippen molar-refractivity contribution in [3.63, 3.8) is 0 Å². The molecule has 0 fully saturated rings. The third-order valence-electron chi connectivity index (χ3n) is 3.41. The highest BCUT2D eigenvalue weighted by Gasteiger charge is 2.32. The highest BCUT2D eigenvalue weighted by Crippen LogP contribution is 2.37. The summed E-state index contributed by atoms with van der Waals surface area (Å²) in [5, 5.41) is -0.330. The molecule has 0 saturated carbocycles. The second kappa shape index (κ2) is 7.70. The molecule has 0 radical (unpaired) electrons. The van der Waals surface area contributed by atoms with Gasteiger partial charge in [-0.15, -0.1) is 0 Å². The van der Waals surface area contributed by atoms with E-state index in [9.17, 15) is 18.0 Å². The average Bonchev–Trinajstić information content (AvgIpc) is 2.54. The zero-order valence-electron chi connectivity index (χ0n) is 13.3. The number of hydrogen-bond acceptors (Lipinski definition) is 3. The van der Waals surface area contributed by atoms with Gasteiger partial charge in [-0.3, -0.25) is 4.79 Å². The zero-order valence-corrected chi connectivity index (χ0v) is 14.1. The molecule has 1 aromatic carbocycles. The molecule has 0 saturated heterocycles. The van der Waals surface area contributed by atoms with Crippen molar-refractivity contribution >= 4 is 17.7 Å². The number of aromatic nitrogens is 1. The number of nitrogens with zero attached hydrogens (tertiary/aromatic N) is 2. The summed E-state index contributed by atoms with van der Waals surface area (Å²) < 4.78 is 37.8. The first-order chi connectivity index (χ1) is 11.3. The molecule has 1 heterocycles. The van der Waals surface area contributed by atoms with E-state index in [2.05, 4.69) is 4.98 Å². The van der Waals surface area contributed by atoms with Crippen LogP contribution in [-0.4, -0.2) is 28.3 Å². The summed E-state index contributed by atoms with van der Waals surface area (Å²) >= 11 is -0.374. The van der Waals surface area contributed by atoms with E-state index in [4.69, 9.17) is 0 Å². The molecule has 0 bridgehead atoms. The zero-order chi connectivity index (χ0) is 17.7. The van der Waals surface area contributed by atoms with Gasteiger partial charge in [-0.25, -0.2) is 4.98 Å². The largest absolute Gasteiger partial charge is 0.447 e. The van der Waals surface area contributed by atoms with E-state index in [1.165, 1.54) is 28.8 Å². The van der Waals surface area contributed by atoms with Gasteiger partial charge in [0.1, 0.15) is 5.03 Å². The number of halogens is 3. The van der Waals surface area contributed by atoms with Gasteiger partial charge in [0.2, 0.25) is 0 Å². The topological polar surface area (TPSA) is 33.2 Å². The van der Waals surface area contributed by atoms with Gasteiger partial charge >= 0.3 is 5.51 Å². The van der Waals surface area contributed by atoms with Crippen molar-refractivity contribution in [2.45, 2.75) is 30.4 Å². The minimum atomic E-state index is -4.49. The van der Waals surface area contributed by atoms with Crippen molar-refractivity contribution in [2.75, 3.05) is 7.05 Å². The standard InChI is InChI=1S/C17H17F3N2OS/c1-3-12-6-8-13(9-7-12)11-22(2)16(23)14-5-4-10-21-15(14)24-17(18,19)20/h4-10H,3,11H2,1-2H3. The predicted molar refractivity (Wildman–Crippen MR) is 87.8 cm³/mol. The van der Waals surface area contributed by atoms with E-state index in [0.717, 1.165) is 12.0 Å². The first-order valence-corrected chi connectivity index (χ1v) is 8.16. The number of benzene rings is 1. The molecule has 0 aliphatic rings. The molecule has 2 aromatic rings. The maximum atomic E-state index is 12.6. The van der Waals surface area contributed by atoms with Gasteiger partial charge in [-0.05, 0) is 29.7 Å². The summed E-state index contributed by atoms with van der Waals surface area (Å²) in [6.45, 7) is 2.36. The lowest BCUT2D eigenvalue weighted by atomic mass is 10.1. The van der Waals surface area contributed by atoms with Crippen molar-refractivity contribution < 1.29 is 18.0 Å². The number of pyridine rings is 1. The minimum absolute atomic E-state index is 0.0486. The van der Waals surface area contributed by atoms with Gasteiger partial charge in [0, 0.05) is 31.6 Å². The minimum Gasteiger partial charge on any atom is -0.337 e. The third-order valence-corrected chi connectivity index (χ3v) is 4.16. The highest BCUT2D eigenvalue weighted by atomic mass is 32.2. The lowest BCUT2D eigenvalue weighted by molar-refractivity contribution is -0.0329. The Kier molecular flexibility index (Phi) is 5.88. The molecule has 128 valence electrons. The molecule has 0 N–H and O–H groups in total. The maximum absolute atomic E-state index is 12.6. The molecule has 3 nitrogen and oxygen atoms in total. The number of rotatable bonds is 5. The van der Waals surface area contributed by atoms with Crippen LogP contribution in [-0.2, 0) is 13.0 Å². The summed E-state index contributed by atoms with van der Waals surface area (Å²) in [7, 11) is 1.56. The number of hydrogen-bond donors (Lipinski definition) is 0. The van der Waals surface area contributed by atoms with Crippen molar-refractivity contribution in [3.05, 3.63) is 59.3 Å². The number of thioether (sulfide) groups is 1. The normalized spacial score (nSPS) is 11.4. The van der Waals surface area contributed by atoms with E-state index >= 15 is 0 Å². The van der Waals surface area contributed by atoms with E-state index < -0.39 is 11.4 Å². The van der Waals surface area contributed by atoms with Crippen molar-refractivity contribution in [3.8, 4) is 0 Å². The van der Waals surface area contributed by atoms with Crippen molar-refractivity contribution in [1.29, 1.82) is 0 Å². The van der Waals surface area contributed by atoms with Crippen LogP contribution in [0.15, 0.2) is 47.6 Å². The Morgan fingerprint density at radius 2 is 1.79 bits per heavy atom. The number of amides is 1. The second-order valence-corrected chi connectivity index (χ2v) is 6.29. The van der Waals surface area contributed by atoms with Crippen LogP contribution < -0.4 is 0 Å². The molecule has 7 heteroatoms. The average molecular weight is 354 g/mol. The summed E-state index contributed by atoms with van der Waals surface area (Å²) in [4.78, 5) is 17.6. The monoisotopic (exact) mass is 354 g/mol.